The fourth-order valence-electron chi connectivity index (χ4n) is 2.79. The summed E-state index contributed by atoms with van der Waals surface area (Å²) in [5, 5.41) is 2.77. The van der Waals surface area contributed by atoms with Crippen LogP contribution in [-0.2, 0) is 0 Å². The number of amides is 1. The Morgan fingerprint density at radius 3 is 2.48 bits per heavy atom. The summed E-state index contributed by atoms with van der Waals surface area (Å²) < 4.78 is 18.5. The number of hydrogen-bond donors (Lipinski definition) is 1. The third-order valence-electron chi connectivity index (χ3n) is 4.00. The van der Waals surface area contributed by atoms with Gasteiger partial charge in [0.1, 0.15) is 11.6 Å². The molecule has 2 aromatic carbocycles. The van der Waals surface area contributed by atoms with E-state index in [4.69, 9.17) is 4.74 Å². The molecular formula is C18H19FN2O2. The van der Waals surface area contributed by atoms with E-state index in [2.05, 4.69) is 10.2 Å². The molecule has 0 saturated carbocycles. The molecule has 1 saturated heterocycles. The predicted molar refractivity (Wildman–Crippen MR) is 88.8 cm³/mol. The van der Waals surface area contributed by atoms with Crippen molar-refractivity contribution in [3.05, 3.63) is 53.8 Å². The molecule has 1 aliphatic rings. The Bertz CT molecular complexity index is 695. The molecule has 1 N–H and O–H groups in total. The van der Waals surface area contributed by atoms with Crippen LogP contribution in [0.3, 0.4) is 0 Å². The van der Waals surface area contributed by atoms with Crippen LogP contribution in [0.5, 0.6) is 5.75 Å². The molecule has 1 aliphatic heterocycles. The van der Waals surface area contributed by atoms with E-state index in [1.165, 1.54) is 38.2 Å². The van der Waals surface area contributed by atoms with Gasteiger partial charge in [-0.2, -0.15) is 0 Å². The first kappa shape index (κ1) is 15.3. The fourth-order valence-corrected chi connectivity index (χ4v) is 2.79. The normalized spacial score (nSPS) is 13.9. The van der Waals surface area contributed by atoms with Gasteiger partial charge in [0.05, 0.1) is 12.7 Å². The van der Waals surface area contributed by atoms with Crippen LogP contribution in [0, 0.1) is 5.82 Å². The minimum absolute atomic E-state index is 0.177. The van der Waals surface area contributed by atoms with Gasteiger partial charge in [0, 0.05) is 24.5 Å². The van der Waals surface area contributed by atoms with Gasteiger partial charge in [0.25, 0.3) is 5.91 Å². The number of hydrogen-bond acceptors (Lipinski definition) is 3. The average Bonchev–Trinajstić information content (AvgIpc) is 3.10. The summed E-state index contributed by atoms with van der Waals surface area (Å²) in [5.74, 6) is -0.520. The van der Waals surface area contributed by atoms with Gasteiger partial charge in [-0.1, -0.05) is 0 Å². The first-order valence-electron chi connectivity index (χ1n) is 7.67. The largest absolute Gasteiger partial charge is 0.496 e. The van der Waals surface area contributed by atoms with E-state index in [0.717, 1.165) is 18.8 Å². The van der Waals surface area contributed by atoms with Gasteiger partial charge >= 0.3 is 0 Å². The maximum atomic E-state index is 13.4. The van der Waals surface area contributed by atoms with Crippen LogP contribution in [0.2, 0.25) is 0 Å². The summed E-state index contributed by atoms with van der Waals surface area (Å²) in [6.45, 7) is 2.15. The van der Waals surface area contributed by atoms with Crippen molar-refractivity contribution < 1.29 is 13.9 Å². The van der Waals surface area contributed by atoms with Crippen molar-refractivity contribution in [1.82, 2.24) is 0 Å². The third-order valence-corrected chi connectivity index (χ3v) is 4.00. The highest BCUT2D eigenvalue weighted by Crippen LogP contribution is 2.24. The van der Waals surface area contributed by atoms with Crippen molar-refractivity contribution in [2.75, 3.05) is 30.4 Å². The first-order valence-corrected chi connectivity index (χ1v) is 7.67. The molecule has 1 heterocycles. The van der Waals surface area contributed by atoms with Crippen LogP contribution < -0.4 is 15.0 Å². The monoisotopic (exact) mass is 314 g/mol. The number of nitrogens with one attached hydrogen (secondary N) is 1. The molecular weight excluding hydrogens is 295 g/mol. The number of ether oxygens (including phenoxy) is 1. The molecule has 0 aromatic heterocycles. The molecule has 5 heteroatoms. The van der Waals surface area contributed by atoms with Crippen molar-refractivity contribution >= 4 is 17.3 Å². The lowest BCUT2D eigenvalue weighted by atomic mass is 10.1. The molecule has 2 aromatic rings. The van der Waals surface area contributed by atoms with Crippen molar-refractivity contribution in [3.8, 4) is 5.75 Å². The van der Waals surface area contributed by atoms with Gasteiger partial charge in [0.15, 0.2) is 0 Å². The maximum Gasteiger partial charge on any atom is 0.259 e. The number of nitrogens with zero attached hydrogens (tertiary/aromatic N) is 1. The van der Waals surface area contributed by atoms with Gasteiger partial charge in [-0.05, 0) is 55.3 Å². The molecule has 0 unspecified atom stereocenters. The molecule has 0 spiro atoms. The zero-order valence-electron chi connectivity index (χ0n) is 13.0. The Morgan fingerprint density at radius 2 is 1.83 bits per heavy atom. The number of anilines is 2. The minimum Gasteiger partial charge on any atom is -0.496 e. The van der Waals surface area contributed by atoms with E-state index in [0.29, 0.717) is 11.4 Å². The standard InChI is InChI=1S/C18H19FN2O2/c1-23-17-9-4-13(19)12-16(17)18(22)20-14-5-7-15(8-6-14)21-10-2-3-11-21/h4-9,12H,2-3,10-11H2,1H3,(H,20,22). The van der Waals surface area contributed by atoms with E-state index >= 15 is 0 Å². The smallest absolute Gasteiger partial charge is 0.259 e. The Labute approximate surface area is 134 Å². The van der Waals surface area contributed by atoms with Gasteiger partial charge < -0.3 is 15.0 Å². The Balaban J connectivity index is 1.74. The molecule has 120 valence electrons. The van der Waals surface area contributed by atoms with E-state index in [9.17, 15) is 9.18 Å². The summed E-state index contributed by atoms with van der Waals surface area (Å²) >= 11 is 0. The van der Waals surface area contributed by atoms with Crippen molar-refractivity contribution in [2.45, 2.75) is 12.8 Å². The highest BCUT2D eigenvalue weighted by molar-refractivity contribution is 6.06. The highest BCUT2D eigenvalue weighted by atomic mass is 19.1. The number of carbonyl (C=O) groups is 1. The van der Waals surface area contributed by atoms with Gasteiger partial charge in [-0.25, -0.2) is 4.39 Å². The molecule has 0 bridgehead atoms. The van der Waals surface area contributed by atoms with Gasteiger partial charge in [-0.3, -0.25) is 4.79 Å². The second kappa shape index (κ2) is 6.69. The van der Waals surface area contributed by atoms with E-state index in [1.54, 1.807) is 0 Å². The van der Waals surface area contributed by atoms with Crippen LogP contribution in [0.4, 0.5) is 15.8 Å². The maximum absolute atomic E-state index is 13.4. The third kappa shape index (κ3) is 3.44. The molecule has 1 fully saturated rings. The van der Waals surface area contributed by atoms with E-state index in [1.807, 2.05) is 24.3 Å². The van der Waals surface area contributed by atoms with E-state index < -0.39 is 11.7 Å². The number of carbonyl (C=O) groups excluding carboxylic acids is 1. The molecule has 23 heavy (non-hydrogen) atoms. The van der Waals surface area contributed by atoms with Crippen molar-refractivity contribution in [2.24, 2.45) is 0 Å². The zero-order valence-corrected chi connectivity index (χ0v) is 13.0. The van der Waals surface area contributed by atoms with Crippen molar-refractivity contribution in [3.63, 3.8) is 0 Å². The van der Waals surface area contributed by atoms with E-state index in [-0.39, 0.29) is 5.56 Å². The fraction of sp³-hybridized carbons (Fsp3) is 0.278. The van der Waals surface area contributed by atoms with Gasteiger partial charge in [0.2, 0.25) is 0 Å². The Hall–Kier alpha value is -2.56. The van der Waals surface area contributed by atoms with Crippen LogP contribution in [0.15, 0.2) is 42.5 Å². The lowest BCUT2D eigenvalue weighted by molar-refractivity contribution is 0.102. The quantitative estimate of drug-likeness (QED) is 0.936. The van der Waals surface area contributed by atoms with Crippen LogP contribution in [-0.4, -0.2) is 26.1 Å². The number of halogens is 1. The van der Waals surface area contributed by atoms with Crippen LogP contribution in [0.1, 0.15) is 23.2 Å². The van der Waals surface area contributed by atoms with Crippen molar-refractivity contribution in [1.29, 1.82) is 0 Å². The molecule has 0 atom stereocenters. The summed E-state index contributed by atoms with van der Waals surface area (Å²) in [6, 6.07) is 11.6. The lowest BCUT2D eigenvalue weighted by Crippen LogP contribution is -2.17. The zero-order chi connectivity index (χ0) is 16.2. The summed E-state index contributed by atoms with van der Waals surface area (Å²) in [7, 11) is 1.45. The molecule has 0 aliphatic carbocycles. The predicted octanol–water partition coefficient (Wildman–Crippen LogP) is 3.69. The second-order valence-corrected chi connectivity index (χ2v) is 5.54. The summed E-state index contributed by atoms with van der Waals surface area (Å²) in [5.41, 5.74) is 2.00. The highest BCUT2D eigenvalue weighted by Gasteiger charge is 2.15. The minimum atomic E-state index is -0.472. The Morgan fingerprint density at radius 1 is 1.13 bits per heavy atom. The SMILES string of the molecule is COc1ccc(F)cc1C(=O)Nc1ccc(N2CCCC2)cc1. The van der Waals surface area contributed by atoms with Gasteiger partial charge in [-0.15, -0.1) is 0 Å². The molecule has 4 nitrogen and oxygen atoms in total. The van der Waals surface area contributed by atoms with Crippen LogP contribution in [0.25, 0.3) is 0 Å². The molecule has 3 rings (SSSR count). The summed E-state index contributed by atoms with van der Waals surface area (Å²) in [4.78, 5) is 14.6. The topological polar surface area (TPSA) is 41.6 Å². The number of methoxy groups -OCH3 is 1. The molecule has 1 amide bonds. The first-order chi connectivity index (χ1) is 11.2. The average molecular weight is 314 g/mol. The number of benzene rings is 2. The second-order valence-electron chi connectivity index (χ2n) is 5.54. The van der Waals surface area contributed by atoms with Crippen LogP contribution >= 0.6 is 0 Å². The molecule has 0 radical (unpaired) electrons. The lowest BCUT2D eigenvalue weighted by Gasteiger charge is -2.18. The number of rotatable bonds is 4. The summed E-state index contributed by atoms with van der Waals surface area (Å²) in [6.07, 6.45) is 2.44. The Kier molecular flexibility index (Phi) is 4.46.